The average molecular weight is 393 g/mol. The fraction of sp³-hybridized carbons (Fsp3) is 0.667. The quantitative estimate of drug-likeness (QED) is 0.688. The number of nitrogens with one attached hydrogen (secondary N) is 1. The highest BCUT2D eigenvalue weighted by molar-refractivity contribution is 8.00. The number of amides is 1. The second-order valence-corrected chi connectivity index (χ2v) is 8.40. The molecule has 0 atom stereocenters. The Hall–Kier alpha value is -1.24. The van der Waals surface area contributed by atoms with Gasteiger partial charge >= 0.3 is 0 Å². The van der Waals surface area contributed by atoms with Crippen LogP contribution in [0.4, 0.5) is 0 Å². The molecule has 1 aromatic rings. The van der Waals surface area contributed by atoms with Crippen molar-refractivity contribution in [3.05, 3.63) is 24.3 Å². The number of hydrogen-bond donors (Lipinski definition) is 1. The van der Waals surface area contributed by atoms with Crippen molar-refractivity contribution in [2.45, 2.75) is 49.5 Å². The third-order valence-electron chi connectivity index (χ3n) is 5.59. The first kappa shape index (κ1) is 20.5. The van der Waals surface area contributed by atoms with Gasteiger partial charge in [0.25, 0.3) is 0 Å². The summed E-state index contributed by atoms with van der Waals surface area (Å²) >= 11 is 1.58. The van der Waals surface area contributed by atoms with E-state index >= 15 is 0 Å². The molecule has 0 unspecified atom stereocenters. The number of rotatable bonds is 8. The van der Waals surface area contributed by atoms with Crippen molar-refractivity contribution >= 4 is 17.7 Å². The lowest BCUT2D eigenvalue weighted by Crippen LogP contribution is -2.59. The van der Waals surface area contributed by atoms with Gasteiger partial charge in [0.05, 0.1) is 25.6 Å². The summed E-state index contributed by atoms with van der Waals surface area (Å²) in [5.41, 5.74) is 0.126. The minimum absolute atomic E-state index is 0.118. The van der Waals surface area contributed by atoms with Crippen LogP contribution in [0.15, 0.2) is 29.2 Å². The largest absolute Gasteiger partial charge is 0.494 e. The van der Waals surface area contributed by atoms with Gasteiger partial charge in [0, 0.05) is 30.1 Å². The zero-order valence-electron chi connectivity index (χ0n) is 16.4. The Labute approximate surface area is 167 Å². The molecule has 0 bridgehead atoms. The van der Waals surface area contributed by atoms with Crippen molar-refractivity contribution in [2.75, 3.05) is 45.2 Å². The lowest BCUT2D eigenvalue weighted by atomic mass is 9.79. The zero-order valence-corrected chi connectivity index (χ0v) is 17.2. The summed E-state index contributed by atoms with van der Waals surface area (Å²) in [5.74, 6) is 1.44. The molecule has 1 aliphatic heterocycles. The van der Waals surface area contributed by atoms with Crippen LogP contribution < -0.4 is 10.1 Å². The van der Waals surface area contributed by atoms with Gasteiger partial charge in [0.15, 0.2) is 0 Å². The number of benzene rings is 1. The molecule has 1 aliphatic carbocycles. The van der Waals surface area contributed by atoms with Crippen molar-refractivity contribution in [2.24, 2.45) is 0 Å². The minimum atomic E-state index is 0.118. The van der Waals surface area contributed by atoms with E-state index < -0.39 is 0 Å². The van der Waals surface area contributed by atoms with Gasteiger partial charge in [-0.15, -0.1) is 11.8 Å². The molecular weight excluding hydrogens is 360 g/mol. The highest BCUT2D eigenvalue weighted by Crippen LogP contribution is 2.34. The van der Waals surface area contributed by atoms with Gasteiger partial charge in [0.2, 0.25) is 5.91 Å². The molecule has 6 heteroatoms. The highest BCUT2D eigenvalue weighted by Gasteiger charge is 2.38. The van der Waals surface area contributed by atoms with Crippen LogP contribution >= 0.6 is 11.8 Å². The molecule has 150 valence electrons. The topological polar surface area (TPSA) is 50.8 Å². The molecule has 1 saturated carbocycles. The van der Waals surface area contributed by atoms with Crippen LogP contribution in [0.3, 0.4) is 0 Å². The van der Waals surface area contributed by atoms with Crippen molar-refractivity contribution in [1.29, 1.82) is 0 Å². The van der Waals surface area contributed by atoms with Crippen molar-refractivity contribution < 1.29 is 14.3 Å². The molecule has 1 amide bonds. The van der Waals surface area contributed by atoms with E-state index in [1.807, 2.05) is 31.2 Å². The molecule has 1 aromatic carbocycles. The summed E-state index contributed by atoms with van der Waals surface area (Å²) in [5, 5.41) is 3.23. The van der Waals surface area contributed by atoms with Crippen molar-refractivity contribution in [3.8, 4) is 5.75 Å². The van der Waals surface area contributed by atoms with Gasteiger partial charge in [-0.3, -0.25) is 9.69 Å². The fourth-order valence-electron chi connectivity index (χ4n) is 4.11. The third-order valence-corrected chi connectivity index (χ3v) is 6.60. The van der Waals surface area contributed by atoms with Crippen LogP contribution in [-0.2, 0) is 9.53 Å². The number of morpholine rings is 1. The minimum Gasteiger partial charge on any atom is -0.494 e. The van der Waals surface area contributed by atoms with Crippen LogP contribution in [0.2, 0.25) is 0 Å². The van der Waals surface area contributed by atoms with Crippen molar-refractivity contribution in [3.63, 3.8) is 0 Å². The van der Waals surface area contributed by atoms with Crippen LogP contribution in [-0.4, -0.2) is 61.6 Å². The molecular formula is C21H32N2O3S. The Morgan fingerprint density at radius 1 is 1.19 bits per heavy atom. The van der Waals surface area contributed by atoms with E-state index in [1.54, 1.807) is 11.8 Å². The third kappa shape index (κ3) is 5.87. The molecule has 27 heavy (non-hydrogen) atoms. The molecule has 0 spiro atoms. The molecule has 2 aliphatic rings. The van der Waals surface area contributed by atoms with E-state index in [9.17, 15) is 4.79 Å². The first-order valence-corrected chi connectivity index (χ1v) is 11.2. The lowest BCUT2D eigenvalue weighted by molar-refractivity contribution is -0.119. The number of hydrogen-bond acceptors (Lipinski definition) is 5. The molecule has 1 N–H and O–H groups in total. The molecule has 1 heterocycles. The Morgan fingerprint density at radius 2 is 1.89 bits per heavy atom. The molecule has 2 fully saturated rings. The van der Waals surface area contributed by atoms with Crippen molar-refractivity contribution in [1.82, 2.24) is 10.2 Å². The number of nitrogens with zero attached hydrogens (tertiary/aromatic N) is 1. The van der Waals surface area contributed by atoms with E-state index in [1.165, 1.54) is 32.1 Å². The van der Waals surface area contributed by atoms with Crippen LogP contribution in [0.25, 0.3) is 0 Å². The van der Waals surface area contributed by atoms with Crippen LogP contribution in [0, 0.1) is 0 Å². The molecule has 1 saturated heterocycles. The van der Waals surface area contributed by atoms with Gasteiger partial charge in [-0.25, -0.2) is 0 Å². The van der Waals surface area contributed by atoms with E-state index in [4.69, 9.17) is 9.47 Å². The molecule has 5 nitrogen and oxygen atoms in total. The summed E-state index contributed by atoms with van der Waals surface area (Å²) in [6, 6.07) is 7.94. The van der Waals surface area contributed by atoms with Crippen LogP contribution in [0.5, 0.6) is 5.75 Å². The Balaban J connectivity index is 1.48. The highest BCUT2D eigenvalue weighted by atomic mass is 32.2. The second-order valence-electron chi connectivity index (χ2n) is 7.35. The summed E-state index contributed by atoms with van der Waals surface area (Å²) in [4.78, 5) is 16.1. The maximum absolute atomic E-state index is 12.5. The van der Waals surface area contributed by atoms with Gasteiger partial charge < -0.3 is 14.8 Å². The standard InChI is InChI=1S/C21H32N2O3S/c1-2-26-18-6-8-19(9-7-18)27-16-20(24)22-17-21(10-4-3-5-11-21)23-12-14-25-15-13-23/h6-9H,2-5,10-17H2,1H3,(H,22,24). The number of thioether (sulfide) groups is 1. The number of carbonyl (C=O) groups is 1. The summed E-state index contributed by atoms with van der Waals surface area (Å²) < 4.78 is 11.0. The Morgan fingerprint density at radius 3 is 2.56 bits per heavy atom. The van der Waals surface area contributed by atoms with E-state index in [2.05, 4.69) is 10.2 Å². The molecule has 0 aromatic heterocycles. The smallest absolute Gasteiger partial charge is 0.230 e. The van der Waals surface area contributed by atoms with Gasteiger partial charge in [-0.1, -0.05) is 19.3 Å². The zero-order chi connectivity index (χ0) is 19.0. The summed E-state index contributed by atoms with van der Waals surface area (Å²) in [6.45, 7) is 6.98. The SMILES string of the molecule is CCOc1ccc(SCC(=O)NCC2(N3CCOCC3)CCCCC2)cc1. The monoisotopic (exact) mass is 392 g/mol. The molecule has 3 rings (SSSR count). The van der Waals surface area contributed by atoms with E-state index in [0.29, 0.717) is 12.4 Å². The lowest BCUT2D eigenvalue weighted by Gasteiger charge is -2.48. The Bertz CT molecular complexity index is 582. The van der Waals surface area contributed by atoms with Gasteiger partial charge in [-0.2, -0.15) is 0 Å². The fourth-order valence-corrected chi connectivity index (χ4v) is 4.84. The average Bonchev–Trinajstić information content (AvgIpc) is 2.73. The second kappa shape index (κ2) is 10.3. The van der Waals surface area contributed by atoms with E-state index in [0.717, 1.165) is 43.5 Å². The predicted octanol–water partition coefficient (Wildman–Crippen LogP) is 3.33. The number of carbonyl (C=O) groups excluding carboxylic acids is 1. The van der Waals surface area contributed by atoms with E-state index in [-0.39, 0.29) is 11.4 Å². The summed E-state index contributed by atoms with van der Waals surface area (Å²) in [7, 11) is 0. The Kier molecular flexibility index (Phi) is 7.85. The predicted molar refractivity (Wildman–Crippen MR) is 110 cm³/mol. The maximum atomic E-state index is 12.5. The first-order valence-electron chi connectivity index (χ1n) is 10.2. The normalized spacial score (nSPS) is 20.2. The van der Waals surface area contributed by atoms with Gasteiger partial charge in [-0.05, 0) is 44.0 Å². The molecule has 0 radical (unpaired) electrons. The van der Waals surface area contributed by atoms with Gasteiger partial charge in [0.1, 0.15) is 5.75 Å². The maximum Gasteiger partial charge on any atom is 0.230 e. The van der Waals surface area contributed by atoms with Crippen LogP contribution in [0.1, 0.15) is 39.0 Å². The first-order chi connectivity index (χ1) is 13.2. The summed E-state index contributed by atoms with van der Waals surface area (Å²) in [6.07, 6.45) is 6.19. The number of ether oxygens (including phenoxy) is 2.